The van der Waals surface area contributed by atoms with Crippen LogP contribution in [-0.4, -0.2) is 45.5 Å². The average molecular weight is 445 g/mol. The van der Waals surface area contributed by atoms with E-state index in [4.69, 9.17) is 0 Å². The van der Waals surface area contributed by atoms with Gasteiger partial charge in [0.2, 0.25) is 11.7 Å². The lowest BCUT2D eigenvalue weighted by atomic mass is 10.1. The second-order valence-electron chi connectivity index (χ2n) is 7.63. The lowest BCUT2D eigenvalue weighted by molar-refractivity contribution is -0.147. The van der Waals surface area contributed by atoms with Gasteiger partial charge in [0.25, 0.3) is 0 Å². The molecular weight excluding hydrogens is 423 g/mol. The Kier molecular flexibility index (Phi) is 6.02. The van der Waals surface area contributed by atoms with Gasteiger partial charge in [-0.1, -0.05) is 30.3 Å². The molecule has 0 aliphatic carbocycles. The summed E-state index contributed by atoms with van der Waals surface area (Å²) >= 11 is 0. The highest BCUT2D eigenvalue weighted by Crippen LogP contribution is 2.31. The fourth-order valence-electron chi connectivity index (χ4n) is 3.82. The molecule has 7 nitrogen and oxygen atoms in total. The van der Waals surface area contributed by atoms with Crippen LogP contribution in [0, 0.1) is 0 Å². The molecule has 0 spiro atoms. The van der Waals surface area contributed by atoms with Crippen molar-refractivity contribution in [2.45, 2.75) is 31.6 Å². The Bertz CT molecular complexity index is 1110. The highest BCUT2D eigenvalue weighted by Gasteiger charge is 2.38. The van der Waals surface area contributed by atoms with E-state index in [1.54, 1.807) is 29.2 Å². The zero-order valence-electron chi connectivity index (χ0n) is 17.1. The topological polar surface area (TPSA) is 79.3 Å². The number of para-hydroxylation sites is 3. The molecule has 168 valence electrons. The first kappa shape index (κ1) is 21.7. The normalized spacial score (nSPS) is 15.0. The lowest BCUT2D eigenvalue weighted by Crippen LogP contribution is -2.48. The number of benzene rings is 2. The van der Waals surface area contributed by atoms with E-state index in [2.05, 4.69) is 15.6 Å². The van der Waals surface area contributed by atoms with Crippen molar-refractivity contribution in [3.8, 4) is 0 Å². The number of alkyl halides is 3. The molecule has 0 radical (unpaired) electrons. The number of piperidine rings is 1. The molecule has 4 rings (SSSR count). The Morgan fingerprint density at radius 3 is 2.34 bits per heavy atom. The number of nitrogens with zero attached hydrogens (tertiary/aromatic N) is 3. The zero-order chi connectivity index (χ0) is 22.7. The van der Waals surface area contributed by atoms with Crippen LogP contribution >= 0.6 is 0 Å². The third-order valence-electron chi connectivity index (χ3n) is 5.38. The number of imidazole rings is 1. The van der Waals surface area contributed by atoms with Gasteiger partial charge in [-0.3, -0.25) is 4.79 Å². The van der Waals surface area contributed by atoms with Crippen LogP contribution in [0.3, 0.4) is 0 Å². The molecule has 0 atom stereocenters. The molecule has 1 saturated heterocycles. The molecule has 0 bridgehead atoms. The largest absolute Gasteiger partial charge is 0.449 e. The number of urea groups is 1. The SMILES string of the molecule is O=C(Cn1c(C(F)(F)F)nc2ccccc21)NC1CCN(C(=O)Nc2ccccc2)CC1. The van der Waals surface area contributed by atoms with Crippen molar-refractivity contribution in [2.75, 3.05) is 18.4 Å². The number of hydrogen-bond acceptors (Lipinski definition) is 3. The van der Waals surface area contributed by atoms with Crippen LogP contribution in [0.1, 0.15) is 18.7 Å². The monoisotopic (exact) mass is 445 g/mol. The van der Waals surface area contributed by atoms with Crippen LogP contribution in [-0.2, 0) is 17.5 Å². The van der Waals surface area contributed by atoms with Crippen molar-refractivity contribution in [3.05, 3.63) is 60.4 Å². The fourth-order valence-corrected chi connectivity index (χ4v) is 3.82. The van der Waals surface area contributed by atoms with Crippen LogP contribution in [0.5, 0.6) is 0 Å². The van der Waals surface area contributed by atoms with Gasteiger partial charge in [-0.05, 0) is 37.1 Å². The number of likely N-dealkylation sites (tertiary alicyclic amines) is 1. The van der Waals surface area contributed by atoms with Crippen LogP contribution in [0.4, 0.5) is 23.7 Å². The fraction of sp³-hybridized carbons (Fsp3) is 0.318. The summed E-state index contributed by atoms with van der Waals surface area (Å²) in [5.41, 5.74) is 1.13. The minimum atomic E-state index is -4.67. The van der Waals surface area contributed by atoms with Gasteiger partial charge in [0.1, 0.15) is 6.54 Å². The predicted octanol–water partition coefficient (Wildman–Crippen LogP) is 3.87. The molecule has 2 N–H and O–H groups in total. The van der Waals surface area contributed by atoms with E-state index in [1.165, 1.54) is 12.1 Å². The van der Waals surface area contributed by atoms with Crippen molar-refractivity contribution in [1.82, 2.24) is 19.8 Å². The first-order valence-electron chi connectivity index (χ1n) is 10.2. The second kappa shape index (κ2) is 8.89. The van der Waals surface area contributed by atoms with Crippen LogP contribution < -0.4 is 10.6 Å². The van der Waals surface area contributed by atoms with Crippen LogP contribution in [0.25, 0.3) is 11.0 Å². The van der Waals surface area contributed by atoms with E-state index in [9.17, 15) is 22.8 Å². The molecule has 3 aromatic rings. The molecule has 2 heterocycles. The highest BCUT2D eigenvalue weighted by atomic mass is 19.4. The molecule has 0 unspecified atom stereocenters. The van der Waals surface area contributed by atoms with Gasteiger partial charge in [-0.2, -0.15) is 13.2 Å². The standard InChI is InChI=1S/C22H22F3N5O2/c23-22(24,25)20-28-17-8-4-5-9-18(17)30(20)14-19(31)26-16-10-12-29(13-11-16)21(32)27-15-6-2-1-3-7-15/h1-9,16H,10-14H2,(H,26,31)(H,27,32). The Labute approximate surface area is 182 Å². The maximum Gasteiger partial charge on any atom is 0.449 e. The molecule has 1 aromatic heterocycles. The van der Waals surface area contributed by atoms with Crippen LogP contribution in [0.15, 0.2) is 54.6 Å². The Balaban J connectivity index is 1.35. The number of nitrogens with one attached hydrogen (secondary N) is 2. The van der Waals surface area contributed by atoms with Gasteiger partial charge in [0, 0.05) is 24.8 Å². The maximum atomic E-state index is 13.4. The molecule has 2 aromatic carbocycles. The van der Waals surface area contributed by atoms with Crippen LogP contribution in [0.2, 0.25) is 0 Å². The number of halogens is 3. The summed E-state index contributed by atoms with van der Waals surface area (Å²) < 4.78 is 41.1. The number of hydrogen-bond donors (Lipinski definition) is 2. The number of amides is 3. The molecule has 0 saturated carbocycles. The van der Waals surface area contributed by atoms with Crippen molar-refractivity contribution in [2.24, 2.45) is 0 Å². The van der Waals surface area contributed by atoms with Gasteiger partial charge in [0.15, 0.2) is 0 Å². The summed E-state index contributed by atoms with van der Waals surface area (Å²) in [5, 5.41) is 5.61. The summed E-state index contributed by atoms with van der Waals surface area (Å²) in [6.45, 7) is 0.390. The molecule has 1 aliphatic heterocycles. The highest BCUT2D eigenvalue weighted by molar-refractivity contribution is 5.89. The molecule has 1 fully saturated rings. The molecule has 32 heavy (non-hydrogen) atoms. The van der Waals surface area contributed by atoms with Crippen molar-refractivity contribution < 1.29 is 22.8 Å². The third kappa shape index (κ3) is 4.84. The van der Waals surface area contributed by atoms with Crippen molar-refractivity contribution in [1.29, 1.82) is 0 Å². The van der Waals surface area contributed by atoms with Gasteiger partial charge < -0.3 is 20.1 Å². The minimum absolute atomic E-state index is 0.186. The molecule has 3 amide bonds. The first-order chi connectivity index (χ1) is 15.3. The Hall–Kier alpha value is -3.56. The number of fused-ring (bicyclic) bond motifs is 1. The third-order valence-corrected chi connectivity index (χ3v) is 5.38. The lowest BCUT2D eigenvalue weighted by Gasteiger charge is -2.32. The summed E-state index contributed by atoms with van der Waals surface area (Å²) in [6.07, 6.45) is -3.63. The molecular formula is C22H22F3N5O2. The summed E-state index contributed by atoms with van der Waals surface area (Å²) in [6, 6.07) is 14.8. The molecule has 10 heteroatoms. The summed E-state index contributed by atoms with van der Waals surface area (Å²) in [5.74, 6) is -1.62. The smallest absolute Gasteiger partial charge is 0.352 e. The second-order valence-corrected chi connectivity index (χ2v) is 7.63. The number of anilines is 1. The number of rotatable bonds is 4. The van der Waals surface area contributed by atoms with E-state index in [0.717, 1.165) is 4.57 Å². The van der Waals surface area contributed by atoms with Crippen molar-refractivity contribution in [3.63, 3.8) is 0 Å². The van der Waals surface area contributed by atoms with Crippen molar-refractivity contribution >= 4 is 28.7 Å². The van der Waals surface area contributed by atoms with E-state index in [0.29, 0.717) is 31.6 Å². The average Bonchev–Trinajstić information content (AvgIpc) is 3.14. The summed E-state index contributed by atoms with van der Waals surface area (Å²) in [4.78, 5) is 30.2. The Morgan fingerprint density at radius 2 is 1.66 bits per heavy atom. The predicted molar refractivity (Wildman–Crippen MR) is 113 cm³/mol. The quantitative estimate of drug-likeness (QED) is 0.640. The van der Waals surface area contributed by atoms with Gasteiger partial charge >= 0.3 is 12.2 Å². The van der Waals surface area contributed by atoms with E-state index >= 15 is 0 Å². The van der Waals surface area contributed by atoms with E-state index in [1.807, 2.05) is 18.2 Å². The molecule has 1 aliphatic rings. The van der Waals surface area contributed by atoms with E-state index in [-0.39, 0.29) is 23.1 Å². The minimum Gasteiger partial charge on any atom is -0.352 e. The van der Waals surface area contributed by atoms with Gasteiger partial charge in [-0.25, -0.2) is 9.78 Å². The van der Waals surface area contributed by atoms with Gasteiger partial charge in [-0.15, -0.1) is 0 Å². The number of aromatic nitrogens is 2. The van der Waals surface area contributed by atoms with E-state index < -0.39 is 24.5 Å². The maximum absolute atomic E-state index is 13.4. The van der Waals surface area contributed by atoms with Gasteiger partial charge in [0.05, 0.1) is 11.0 Å². The zero-order valence-corrected chi connectivity index (χ0v) is 17.1. The number of carbonyl (C=O) groups excluding carboxylic acids is 2. The first-order valence-corrected chi connectivity index (χ1v) is 10.2. The number of carbonyl (C=O) groups is 2. The summed E-state index contributed by atoms with van der Waals surface area (Å²) in [7, 11) is 0. The Morgan fingerprint density at radius 1 is 1.00 bits per heavy atom.